The average Bonchev–Trinajstić information content (AvgIpc) is 3.46. The molecule has 3 N–H and O–H groups in total. The number of amides is 3. The van der Waals surface area contributed by atoms with Crippen LogP contribution in [0.15, 0.2) is 71.6 Å². The summed E-state index contributed by atoms with van der Waals surface area (Å²) in [5.41, 5.74) is 8.59. The number of fused-ring (bicyclic) bond motifs is 1. The SMILES string of the molecule is Cc1ccc(C(N)=O)cc1N(CC(=O)NCCN(C(C)C)S(=O)(=O)c1ccccc1[N+](=O)[O-])CC(=O)N(C)N1Cc2ccccc2C1. The van der Waals surface area contributed by atoms with Crippen molar-refractivity contribution in [3.8, 4) is 0 Å². The maximum atomic E-state index is 13.6. The van der Waals surface area contributed by atoms with Crippen LogP contribution in [0.4, 0.5) is 11.4 Å². The number of sulfonamides is 1. The van der Waals surface area contributed by atoms with Crippen LogP contribution in [-0.2, 0) is 32.7 Å². The van der Waals surface area contributed by atoms with Gasteiger partial charge >= 0.3 is 0 Å². The summed E-state index contributed by atoms with van der Waals surface area (Å²) in [4.78, 5) is 50.7. The molecule has 0 aromatic heterocycles. The summed E-state index contributed by atoms with van der Waals surface area (Å²) >= 11 is 0. The number of nitrogens with one attached hydrogen (secondary N) is 1. The lowest BCUT2D eigenvalue weighted by atomic mass is 10.1. The van der Waals surface area contributed by atoms with Gasteiger partial charge in [-0.3, -0.25) is 29.5 Å². The monoisotopic (exact) mass is 665 g/mol. The third kappa shape index (κ3) is 8.11. The zero-order valence-electron chi connectivity index (χ0n) is 26.8. The Morgan fingerprint density at radius 3 is 2.21 bits per heavy atom. The minimum absolute atomic E-state index is 0.106. The summed E-state index contributed by atoms with van der Waals surface area (Å²) in [6.07, 6.45) is 0. The number of aryl methyl sites for hydroxylation is 1. The molecule has 3 aromatic carbocycles. The van der Waals surface area contributed by atoms with Gasteiger partial charge in [-0.1, -0.05) is 42.5 Å². The zero-order valence-corrected chi connectivity index (χ0v) is 27.6. The smallest absolute Gasteiger partial charge is 0.289 e. The molecule has 4 rings (SSSR count). The van der Waals surface area contributed by atoms with Crippen LogP contribution in [0.25, 0.3) is 0 Å². The second-order valence-electron chi connectivity index (χ2n) is 11.5. The standard InChI is InChI=1S/C32H39N7O7S/c1-22(2)38(47(45,46)29-12-8-7-11-27(29)39(43)44)16-15-34-30(40)20-36(28-17-24(32(33)42)14-13-23(28)3)21-31(41)35(4)37-18-25-9-5-6-10-26(25)19-37/h5-14,17,22H,15-16,18-21H2,1-4H3,(H2,33,42)(H,34,40). The van der Waals surface area contributed by atoms with E-state index in [0.717, 1.165) is 21.5 Å². The van der Waals surface area contributed by atoms with E-state index >= 15 is 0 Å². The Bertz CT molecular complexity index is 1760. The predicted octanol–water partition coefficient (Wildman–Crippen LogP) is 2.41. The van der Waals surface area contributed by atoms with E-state index in [0.29, 0.717) is 24.3 Å². The first-order valence-corrected chi connectivity index (χ1v) is 16.4. The van der Waals surface area contributed by atoms with Crippen molar-refractivity contribution in [2.75, 3.05) is 38.1 Å². The number of primary amides is 1. The number of benzene rings is 3. The quantitative estimate of drug-likeness (QED) is 0.193. The van der Waals surface area contributed by atoms with Crippen LogP contribution in [0.2, 0.25) is 0 Å². The van der Waals surface area contributed by atoms with E-state index < -0.39 is 43.4 Å². The number of likely N-dealkylation sites (N-methyl/N-ethyl adjacent to an activating group) is 1. The maximum Gasteiger partial charge on any atom is 0.289 e. The molecule has 1 aliphatic rings. The second-order valence-corrected chi connectivity index (χ2v) is 13.4. The summed E-state index contributed by atoms with van der Waals surface area (Å²) < 4.78 is 28.0. The van der Waals surface area contributed by atoms with Gasteiger partial charge in [-0.25, -0.2) is 13.4 Å². The molecule has 0 atom stereocenters. The van der Waals surface area contributed by atoms with E-state index in [4.69, 9.17) is 5.73 Å². The molecular formula is C32H39N7O7S. The summed E-state index contributed by atoms with van der Waals surface area (Å²) in [7, 11) is -2.62. The molecule has 15 heteroatoms. The molecule has 0 unspecified atom stereocenters. The Morgan fingerprint density at radius 2 is 1.62 bits per heavy atom. The lowest BCUT2D eigenvalue weighted by Crippen LogP contribution is -2.49. The molecule has 3 aromatic rings. The first kappa shape index (κ1) is 35.0. The van der Waals surface area contributed by atoms with E-state index in [9.17, 15) is 32.9 Å². The van der Waals surface area contributed by atoms with Crippen molar-refractivity contribution < 1.29 is 27.7 Å². The minimum Gasteiger partial charge on any atom is -0.366 e. The predicted molar refractivity (Wildman–Crippen MR) is 176 cm³/mol. The summed E-state index contributed by atoms with van der Waals surface area (Å²) in [6.45, 7) is 5.38. The molecule has 3 amide bonds. The second kappa shape index (κ2) is 14.7. The molecule has 250 valence electrons. The molecule has 0 spiro atoms. The van der Waals surface area contributed by atoms with Crippen LogP contribution in [-0.4, -0.2) is 84.7 Å². The Morgan fingerprint density at radius 1 is 1.00 bits per heavy atom. The highest BCUT2D eigenvalue weighted by Crippen LogP contribution is 2.28. The van der Waals surface area contributed by atoms with Crippen LogP contribution in [0.5, 0.6) is 0 Å². The molecule has 0 saturated heterocycles. The van der Waals surface area contributed by atoms with Crippen molar-refractivity contribution in [2.45, 2.75) is 44.8 Å². The highest BCUT2D eigenvalue weighted by atomic mass is 32.2. The fraction of sp³-hybridized carbons (Fsp3) is 0.344. The van der Waals surface area contributed by atoms with Crippen LogP contribution in [0.3, 0.4) is 0 Å². The third-order valence-corrected chi connectivity index (χ3v) is 10.1. The van der Waals surface area contributed by atoms with E-state index in [-0.39, 0.29) is 37.6 Å². The van der Waals surface area contributed by atoms with Gasteiger partial charge in [-0.15, -0.1) is 0 Å². The van der Waals surface area contributed by atoms with E-state index in [1.807, 2.05) is 29.3 Å². The van der Waals surface area contributed by atoms with E-state index in [2.05, 4.69) is 5.32 Å². The fourth-order valence-electron chi connectivity index (χ4n) is 5.42. The van der Waals surface area contributed by atoms with Gasteiger partial charge in [0.05, 0.1) is 18.0 Å². The van der Waals surface area contributed by atoms with Crippen LogP contribution in [0, 0.1) is 17.0 Å². The number of hydrogen-bond donors (Lipinski definition) is 2. The molecule has 0 saturated carbocycles. The Balaban J connectivity index is 1.49. The average molecular weight is 666 g/mol. The Hall–Kier alpha value is -4.86. The number of rotatable bonds is 14. The number of nitrogens with zero attached hydrogens (tertiary/aromatic N) is 5. The maximum absolute atomic E-state index is 13.6. The molecule has 47 heavy (non-hydrogen) atoms. The highest BCUT2D eigenvalue weighted by Gasteiger charge is 2.33. The molecule has 0 aliphatic carbocycles. The first-order chi connectivity index (χ1) is 22.2. The molecule has 0 radical (unpaired) electrons. The van der Waals surface area contributed by atoms with Gasteiger partial charge in [0.1, 0.15) is 0 Å². The Kier molecular flexibility index (Phi) is 11.0. The van der Waals surface area contributed by atoms with Crippen LogP contribution < -0.4 is 16.0 Å². The number of anilines is 1. The van der Waals surface area contributed by atoms with Gasteiger partial charge in [-0.2, -0.15) is 4.31 Å². The summed E-state index contributed by atoms with van der Waals surface area (Å²) in [5, 5.41) is 17.6. The summed E-state index contributed by atoms with van der Waals surface area (Å²) in [5.74, 6) is -1.47. The number of nitrogens with two attached hydrogens (primary N) is 1. The number of hydrogen-bond acceptors (Lipinski definition) is 9. The zero-order chi connectivity index (χ0) is 34.5. The van der Waals surface area contributed by atoms with Crippen molar-refractivity contribution in [1.29, 1.82) is 0 Å². The largest absolute Gasteiger partial charge is 0.366 e. The van der Waals surface area contributed by atoms with Gasteiger partial charge in [-0.05, 0) is 55.7 Å². The Labute approximate surface area is 273 Å². The van der Waals surface area contributed by atoms with Crippen LogP contribution in [0.1, 0.15) is 40.9 Å². The van der Waals surface area contributed by atoms with Gasteiger partial charge < -0.3 is 16.0 Å². The lowest BCUT2D eigenvalue weighted by Gasteiger charge is -2.32. The van der Waals surface area contributed by atoms with Gasteiger partial charge in [0.15, 0.2) is 4.90 Å². The van der Waals surface area contributed by atoms with E-state index in [1.165, 1.54) is 29.3 Å². The number of nitro groups is 1. The minimum atomic E-state index is -4.28. The molecule has 14 nitrogen and oxygen atoms in total. The number of hydrazine groups is 1. The lowest BCUT2D eigenvalue weighted by molar-refractivity contribution is -0.387. The van der Waals surface area contributed by atoms with Crippen molar-refractivity contribution in [2.24, 2.45) is 5.73 Å². The van der Waals surface area contributed by atoms with Crippen LogP contribution >= 0.6 is 0 Å². The summed E-state index contributed by atoms with van der Waals surface area (Å²) in [6, 6.07) is 17.2. The van der Waals surface area contributed by atoms with Crippen molar-refractivity contribution in [3.63, 3.8) is 0 Å². The van der Waals surface area contributed by atoms with E-state index in [1.54, 1.807) is 44.9 Å². The van der Waals surface area contributed by atoms with Gasteiger partial charge in [0.2, 0.25) is 21.8 Å². The normalized spacial score (nSPS) is 13.0. The van der Waals surface area contributed by atoms with Gasteiger partial charge in [0.25, 0.3) is 11.6 Å². The molecule has 0 bridgehead atoms. The highest BCUT2D eigenvalue weighted by molar-refractivity contribution is 7.89. The van der Waals surface area contributed by atoms with Crippen molar-refractivity contribution in [1.82, 2.24) is 19.6 Å². The molecule has 1 aliphatic heterocycles. The number of carbonyl (C=O) groups is 3. The van der Waals surface area contributed by atoms with Crippen molar-refractivity contribution in [3.05, 3.63) is 99.1 Å². The first-order valence-electron chi connectivity index (χ1n) is 15.0. The number of carbonyl (C=O) groups excluding carboxylic acids is 3. The number of nitro benzene ring substituents is 1. The molecule has 1 heterocycles. The number of para-hydroxylation sites is 1. The van der Waals surface area contributed by atoms with Crippen molar-refractivity contribution >= 4 is 39.1 Å². The molecule has 0 fully saturated rings. The van der Waals surface area contributed by atoms with Gasteiger partial charge in [0, 0.05) is 56.6 Å². The third-order valence-electron chi connectivity index (χ3n) is 7.98. The fourth-order valence-corrected chi connectivity index (χ4v) is 7.22. The molecular weight excluding hydrogens is 626 g/mol. The topological polar surface area (TPSA) is 180 Å².